The number of carbonyl (C=O) groups excluding carboxylic acids is 2. The van der Waals surface area contributed by atoms with Crippen LogP contribution in [0.4, 0.5) is 0 Å². The summed E-state index contributed by atoms with van der Waals surface area (Å²) in [6, 6.07) is 22.3. The first kappa shape index (κ1) is 19.3. The minimum atomic E-state index is -0.505. The van der Waals surface area contributed by atoms with E-state index < -0.39 is 11.9 Å². The van der Waals surface area contributed by atoms with Crippen molar-refractivity contribution in [3.05, 3.63) is 84.2 Å². The third-order valence-electron chi connectivity index (χ3n) is 4.16. The molecule has 0 atom stereocenters. The lowest BCUT2D eigenvalue weighted by Gasteiger charge is -2.10. The first-order chi connectivity index (χ1) is 13.7. The van der Waals surface area contributed by atoms with Gasteiger partial charge in [0.15, 0.2) is 0 Å². The van der Waals surface area contributed by atoms with Gasteiger partial charge in [0.1, 0.15) is 0 Å². The van der Waals surface area contributed by atoms with Crippen molar-refractivity contribution in [2.45, 2.75) is 13.8 Å². The highest BCUT2D eigenvalue weighted by Gasteiger charge is 2.32. The van der Waals surface area contributed by atoms with Gasteiger partial charge >= 0.3 is 11.9 Å². The van der Waals surface area contributed by atoms with E-state index in [9.17, 15) is 9.59 Å². The number of carbonyl (C=O) groups is 2. The fourth-order valence-corrected chi connectivity index (χ4v) is 2.96. The van der Waals surface area contributed by atoms with Crippen LogP contribution in [0.25, 0.3) is 16.8 Å². The second kappa shape index (κ2) is 8.95. The van der Waals surface area contributed by atoms with E-state index in [0.29, 0.717) is 5.69 Å². The SMILES string of the molecule is CCOC(=O)c1cc(-c2ccccc2)cc(C(=O)OCC)[n+]1-c1ccccc1. The Bertz CT molecular complexity index is 929. The number of benzene rings is 2. The van der Waals surface area contributed by atoms with Crippen LogP contribution in [0.1, 0.15) is 34.8 Å². The first-order valence-corrected chi connectivity index (χ1v) is 9.20. The molecule has 0 aliphatic carbocycles. The number of hydrogen-bond donors (Lipinski definition) is 0. The molecule has 0 unspecified atom stereocenters. The molecule has 0 bridgehead atoms. The summed E-state index contributed by atoms with van der Waals surface area (Å²) in [5.41, 5.74) is 2.82. The summed E-state index contributed by atoms with van der Waals surface area (Å²) < 4.78 is 12.1. The highest BCUT2D eigenvalue weighted by atomic mass is 16.5. The maximum Gasteiger partial charge on any atom is 0.404 e. The van der Waals surface area contributed by atoms with Gasteiger partial charge in [-0.15, -0.1) is 4.57 Å². The quantitative estimate of drug-likeness (QED) is 0.482. The van der Waals surface area contributed by atoms with E-state index in [1.165, 1.54) is 0 Å². The first-order valence-electron chi connectivity index (χ1n) is 9.20. The van der Waals surface area contributed by atoms with Gasteiger partial charge in [0.05, 0.1) is 13.2 Å². The average Bonchev–Trinajstić information content (AvgIpc) is 2.74. The van der Waals surface area contributed by atoms with Crippen molar-refractivity contribution in [1.82, 2.24) is 0 Å². The summed E-state index contributed by atoms with van der Waals surface area (Å²) in [6.45, 7) is 3.96. The summed E-state index contributed by atoms with van der Waals surface area (Å²) in [6.07, 6.45) is 0. The van der Waals surface area contributed by atoms with Crippen molar-refractivity contribution < 1.29 is 23.6 Å². The Kier molecular flexibility index (Phi) is 6.17. The van der Waals surface area contributed by atoms with Gasteiger partial charge in [-0.05, 0) is 25.0 Å². The summed E-state index contributed by atoms with van der Waals surface area (Å²) in [5.74, 6) is -1.01. The van der Waals surface area contributed by atoms with Crippen LogP contribution in [0.3, 0.4) is 0 Å². The van der Waals surface area contributed by atoms with E-state index in [4.69, 9.17) is 9.47 Å². The smallest absolute Gasteiger partial charge is 0.404 e. The number of para-hydroxylation sites is 1. The molecule has 0 aliphatic heterocycles. The van der Waals surface area contributed by atoms with E-state index >= 15 is 0 Å². The molecule has 0 spiro atoms. The molecule has 3 rings (SSSR count). The van der Waals surface area contributed by atoms with E-state index in [1.807, 2.05) is 60.7 Å². The van der Waals surface area contributed by atoms with Crippen molar-refractivity contribution in [3.8, 4) is 16.8 Å². The zero-order chi connectivity index (χ0) is 19.9. The van der Waals surface area contributed by atoms with E-state index in [0.717, 1.165) is 11.1 Å². The molecule has 0 saturated heterocycles. The van der Waals surface area contributed by atoms with Crippen molar-refractivity contribution in [1.29, 1.82) is 0 Å². The standard InChI is InChI=1S/C23H22NO4/c1-3-27-22(25)20-15-18(17-11-7-5-8-12-17)16-21(23(26)28-4-2)24(20)19-13-9-6-10-14-19/h5-16H,3-4H2,1-2H3/q+1. The predicted octanol–water partition coefficient (Wildman–Crippen LogP) is 3.98. The second-order valence-corrected chi connectivity index (χ2v) is 5.99. The molecule has 142 valence electrons. The molecule has 0 fully saturated rings. The fourth-order valence-electron chi connectivity index (χ4n) is 2.96. The van der Waals surface area contributed by atoms with Crippen LogP contribution in [-0.2, 0) is 9.47 Å². The van der Waals surface area contributed by atoms with E-state index in [1.54, 1.807) is 30.5 Å². The molecule has 0 amide bonds. The molecule has 28 heavy (non-hydrogen) atoms. The van der Waals surface area contributed by atoms with Crippen LogP contribution in [0, 0.1) is 0 Å². The Morgan fingerprint density at radius 3 is 1.64 bits per heavy atom. The van der Waals surface area contributed by atoms with Gasteiger partial charge < -0.3 is 9.47 Å². The molecule has 1 heterocycles. The molecule has 0 aliphatic rings. The summed E-state index contributed by atoms with van der Waals surface area (Å²) in [5, 5.41) is 0. The number of esters is 2. The Morgan fingerprint density at radius 2 is 1.18 bits per heavy atom. The number of aromatic nitrogens is 1. The van der Waals surface area contributed by atoms with Crippen molar-refractivity contribution in [3.63, 3.8) is 0 Å². The van der Waals surface area contributed by atoms with Crippen molar-refractivity contribution in [2.75, 3.05) is 13.2 Å². The molecular formula is C23H22NO4+. The molecule has 5 heteroatoms. The molecular weight excluding hydrogens is 354 g/mol. The van der Waals surface area contributed by atoms with Gasteiger partial charge in [-0.25, -0.2) is 9.59 Å². The van der Waals surface area contributed by atoms with Gasteiger partial charge in [-0.3, -0.25) is 0 Å². The van der Waals surface area contributed by atoms with E-state index in [2.05, 4.69) is 0 Å². The Labute approximate surface area is 164 Å². The summed E-state index contributed by atoms with van der Waals surface area (Å²) in [7, 11) is 0. The lowest BCUT2D eigenvalue weighted by atomic mass is 10.0. The lowest BCUT2D eigenvalue weighted by molar-refractivity contribution is -0.601. The summed E-state index contributed by atoms with van der Waals surface area (Å²) in [4.78, 5) is 25.5. The van der Waals surface area contributed by atoms with Gasteiger partial charge in [-0.2, -0.15) is 0 Å². The largest absolute Gasteiger partial charge is 0.458 e. The molecule has 5 nitrogen and oxygen atoms in total. The number of nitrogens with zero attached hydrogens (tertiary/aromatic N) is 1. The molecule has 0 saturated carbocycles. The number of ether oxygens (including phenoxy) is 2. The van der Waals surface area contributed by atoms with E-state index in [-0.39, 0.29) is 24.6 Å². The topological polar surface area (TPSA) is 56.5 Å². The normalized spacial score (nSPS) is 10.4. The number of pyridine rings is 1. The maximum absolute atomic E-state index is 12.8. The minimum absolute atomic E-state index is 0.234. The van der Waals surface area contributed by atoms with Gasteiger partial charge in [-0.1, -0.05) is 48.5 Å². The van der Waals surface area contributed by atoms with Crippen LogP contribution in [0.15, 0.2) is 72.8 Å². The van der Waals surface area contributed by atoms with Crippen molar-refractivity contribution >= 4 is 11.9 Å². The zero-order valence-electron chi connectivity index (χ0n) is 15.9. The van der Waals surface area contributed by atoms with Crippen LogP contribution >= 0.6 is 0 Å². The number of hydrogen-bond acceptors (Lipinski definition) is 4. The Morgan fingerprint density at radius 1 is 0.714 bits per heavy atom. The molecule has 1 aromatic heterocycles. The van der Waals surface area contributed by atoms with Gasteiger partial charge in [0.25, 0.3) is 11.4 Å². The Hall–Kier alpha value is -3.47. The molecule has 0 radical (unpaired) electrons. The predicted molar refractivity (Wildman–Crippen MR) is 105 cm³/mol. The zero-order valence-corrected chi connectivity index (χ0v) is 15.9. The summed E-state index contributed by atoms with van der Waals surface area (Å²) >= 11 is 0. The third kappa shape index (κ3) is 4.09. The van der Waals surface area contributed by atoms with Crippen LogP contribution in [-0.4, -0.2) is 25.2 Å². The minimum Gasteiger partial charge on any atom is -0.458 e. The molecule has 3 aromatic rings. The van der Waals surface area contributed by atoms with Crippen LogP contribution in [0.5, 0.6) is 0 Å². The monoisotopic (exact) mass is 376 g/mol. The maximum atomic E-state index is 12.8. The Balaban J connectivity index is 2.31. The number of rotatable bonds is 6. The van der Waals surface area contributed by atoms with Crippen LogP contribution in [0.2, 0.25) is 0 Å². The third-order valence-corrected chi connectivity index (χ3v) is 4.16. The van der Waals surface area contributed by atoms with Crippen molar-refractivity contribution in [2.24, 2.45) is 0 Å². The molecule has 2 aromatic carbocycles. The fraction of sp³-hybridized carbons (Fsp3) is 0.174. The average molecular weight is 376 g/mol. The highest BCUT2D eigenvalue weighted by Crippen LogP contribution is 2.22. The lowest BCUT2D eigenvalue weighted by Crippen LogP contribution is -2.45. The second-order valence-electron chi connectivity index (χ2n) is 5.99. The molecule has 0 N–H and O–H groups in total. The van der Waals surface area contributed by atoms with Crippen LogP contribution < -0.4 is 4.57 Å². The van der Waals surface area contributed by atoms with Gasteiger partial charge in [0.2, 0.25) is 5.69 Å². The van der Waals surface area contributed by atoms with Gasteiger partial charge in [0, 0.05) is 24.3 Å². The highest BCUT2D eigenvalue weighted by molar-refractivity contribution is 5.91.